The second-order valence-electron chi connectivity index (χ2n) is 10.9. The maximum Gasteiger partial charge on any atom is 0.272 e. The van der Waals surface area contributed by atoms with Crippen LogP contribution in [0.3, 0.4) is 0 Å². The van der Waals surface area contributed by atoms with Crippen molar-refractivity contribution in [2.45, 2.75) is 19.8 Å². The SMILES string of the molecule is CCc1ccc(C(=O)N(NCCCl)c2cc(C(=O)Nc3cc(C(=O)Nc4cc(C(=O)NCC/C(N)=N/O)n(C)c4)n(C)c3)n(C)c2)cc1. The van der Waals surface area contributed by atoms with E-state index in [0.29, 0.717) is 34.9 Å². The first kappa shape index (κ1) is 35.3. The topological polar surface area (TPSA) is 193 Å². The van der Waals surface area contributed by atoms with E-state index in [1.54, 1.807) is 71.6 Å². The number of amidine groups is 1. The molecule has 0 atom stereocenters. The maximum absolute atomic E-state index is 13.4. The molecule has 0 bridgehead atoms. The quantitative estimate of drug-likeness (QED) is 0.0388. The van der Waals surface area contributed by atoms with Crippen molar-refractivity contribution in [3.8, 4) is 0 Å². The van der Waals surface area contributed by atoms with Gasteiger partial charge in [0.1, 0.15) is 22.9 Å². The first-order valence-corrected chi connectivity index (χ1v) is 15.6. The van der Waals surface area contributed by atoms with Crippen molar-refractivity contribution >= 4 is 58.1 Å². The Kier molecular flexibility index (Phi) is 11.7. The Balaban J connectivity index is 1.44. The Morgan fingerprint density at radius 1 is 0.833 bits per heavy atom. The summed E-state index contributed by atoms with van der Waals surface area (Å²) in [5.41, 5.74) is 12.1. The lowest BCUT2D eigenvalue weighted by atomic mass is 10.1. The number of carbonyl (C=O) groups is 4. The zero-order valence-corrected chi connectivity index (χ0v) is 27.8. The Bertz CT molecular complexity index is 1820. The van der Waals surface area contributed by atoms with Gasteiger partial charge >= 0.3 is 0 Å². The highest BCUT2D eigenvalue weighted by Crippen LogP contribution is 2.22. The van der Waals surface area contributed by atoms with Crippen molar-refractivity contribution in [3.63, 3.8) is 0 Å². The first-order valence-electron chi connectivity index (χ1n) is 15.0. The number of hydrazine groups is 1. The number of hydrogen-bond donors (Lipinski definition) is 6. The molecular weight excluding hydrogens is 640 g/mol. The lowest BCUT2D eigenvalue weighted by Gasteiger charge is -2.22. The van der Waals surface area contributed by atoms with Gasteiger partial charge in [0.15, 0.2) is 0 Å². The van der Waals surface area contributed by atoms with E-state index < -0.39 is 17.7 Å². The molecule has 15 nitrogen and oxygen atoms in total. The average Bonchev–Trinajstić information content (AvgIpc) is 3.76. The maximum atomic E-state index is 13.4. The Morgan fingerprint density at radius 3 is 1.92 bits per heavy atom. The number of alkyl halides is 1. The molecule has 4 rings (SSSR count). The van der Waals surface area contributed by atoms with Gasteiger partial charge in [-0.1, -0.05) is 24.2 Å². The molecule has 3 heterocycles. The fraction of sp³-hybridized carbons (Fsp3) is 0.281. The highest BCUT2D eigenvalue weighted by atomic mass is 35.5. The summed E-state index contributed by atoms with van der Waals surface area (Å²) in [6.45, 7) is 2.52. The lowest BCUT2D eigenvalue weighted by Crippen LogP contribution is -2.44. The van der Waals surface area contributed by atoms with E-state index in [4.69, 9.17) is 22.5 Å². The fourth-order valence-electron chi connectivity index (χ4n) is 4.89. The average molecular weight is 679 g/mol. The van der Waals surface area contributed by atoms with Crippen LogP contribution in [0.15, 0.2) is 66.2 Å². The van der Waals surface area contributed by atoms with E-state index in [1.165, 1.54) is 17.1 Å². The Morgan fingerprint density at radius 2 is 1.38 bits per heavy atom. The van der Waals surface area contributed by atoms with Crippen molar-refractivity contribution in [1.29, 1.82) is 0 Å². The van der Waals surface area contributed by atoms with Crippen LogP contribution in [0, 0.1) is 0 Å². The summed E-state index contributed by atoms with van der Waals surface area (Å²) in [4.78, 5) is 52.5. The molecule has 0 aliphatic rings. The molecule has 0 spiro atoms. The molecule has 4 amide bonds. The van der Waals surface area contributed by atoms with Crippen LogP contribution < -0.4 is 32.1 Å². The predicted octanol–water partition coefficient (Wildman–Crippen LogP) is 3.03. The van der Waals surface area contributed by atoms with Gasteiger partial charge in [0.25, 0.3) is 23.6 Å². The van der Waals surface area contributed by atoms with Crippen LogP contribution in [-0.2, 0) is 27.6 Å². The summed E-state index contributed by atoms with van der Waals surface area (Å²) in [7, 11) is 5.01. The highest BCUT2D eigenvalue weighted by molar-refractivity contribution is 6.18. The number of benzene rings is 1. The minimum absolute atomic E-state index is 0.00980. The molecule has 3 aromatic heterocycles. The van der Waals surface area contributed by atoms with Gasteiger partial charge in [0.05, 0.1) is 17.1 Å². The fourth-order valence-corrected chi connectivity index (χ4v) is 4.98. The summed E-state index contributed by atoms with van der Waals surface area (Å²) in [6, 6.07) is 12.0. The number of halogens is 1. The van der Waals surface area contributed by atoms with Gasteiger partial charge in [-0.15, -0.1) is 11.6 Å². The molecule has 0 saturated carbocycles. The van der Waals surface area contributed by atoms with E-state index in [0.717, 1.165) is 12.0 Å². The Labute approximate surface area is 282 Å². The zero-order chi connectivity index (χ0) is 35.0. The molecule has 0 aliphatic carbocycles. The third-order valence-electron chi connectivity index (χ3n) is 7.44. The molecule has 4 aromatic rings. The van der Waals surface area contributed by atoms with E-state index in [9.17, 15) is 19.2 Å². The molecule has 0 aliphatic heterocycles. The number of aromatic nitrogens is 3. The van der Waals surface area contributed by atoms with Crippen LogP contribution in [0.1, 0.15) is 60.7 Å². The molecule has 0 radical (unpaired) electrons. The van der Waals surface area contributed by atoms with Gasteiger partial charge in [-0.2, -0.15) is 0 Å². The molecule has 0 unspecified atom stereocenters. The smallest absolute Gasteiger partial charge is 0.272 e. The molecular formula is C32H39ClN10O5. The third kappa shape index (κ3) is 8.43. The van der Waals surface area contributed by atoms with Gasteiger partial charge < -0.3 is 40.6 Å². The second-order valence-corrected chi connectivity index (χ2v) is 11.3. The van der Waals surface area contributed by atoms with Crippen molar-refractivity contribution in [2.75, 3.05) is 34.6 Å². The number of amides is 4. The second kappa shape index (κ2) is 15.8. The van der Waals surface area contributed by atoms with Crippen molar-refractivity contribution in [1.82, 2.24) is 24.4 Å². The molecule has 1 aromatic carbocycles. The number of oxime groups is 1. The summed E-state index contributed by atoms with van der Waals surface area (Å²) >= 11 is 5.90. The van der Waals surface area contributed by atoms with Gasteiger partial charge in [-0.05, 0) is 42.3 Å². The van der Waals surface area contributed by atoms with Crippen LogP contribution in [0.2, 0.25) is 0 Å². The van der Waals surface area contributed by atoms with E-state index in [2.05, 4.69) is 26.5 Å². The number of nitrogens with zero attached hydrogens (tertiary/aromatic N) is 5. The zero-order valence-electron chi connectivity index (χ0n) is 27.1. The highest BCUT2D eigenvalue weighted by Gasteiger charge is 2.23. The number of carbonyl (C=O) groups excluding carboxylic acids is 4. The largest absolute Gasteiger partial charge is 0.409 e. The van der Waals surface area contributed by atoms with Gasteiger partial charge in [0.2, 0.25) is 0 Å². The standard InChI is InChI=1S/C32H39ClN10O5/c1-5-20-6-8-21(9-7-20)32(47)43(36-13-11-33)24-16-27(42(4)19-24)31(46)38-23-15-26(41(3)18-23)30(45)37-22-14-25(40(2)17-22)29(44)35-12-10-28(34)39-48/h6-9,14-19,36,48H,5,10-13H2,1-4H3,(H2,34,39)(H,35,44)(H,37,45)(H,38,46). The van der Waals surface area contributed by atoms with E-state index in [-0.39, 0.29) is 42.0 Å². The van der Waals surface area contributed by atoms with Crippen molar-refractivity contribution in [2.24, 2.45) is 32.0 Å². The molecule has 7 N–H and O–H groups in total. The van der Waals surface area contributed by atoms with Crippen molar-refractivity contribution < 1.29 is 24.4 Å². The Hall–Kier alpha value is -5.54. The molecule has 254 valence electrons. The van der Waals surface area contributed by atoms with Gasteiger partial charge in [0, 0.05) is 70.7 Å². The molecule has 0 saturated heterocycles. The lowest BCUT2D eigenvalue weighted by molar-refractivity contribution is 0.0943. The number of nitrogens with one attached hydrogen (secondary N) is 4. The van der Waals surface area contributed by atoms with Crippen LogP contribution in [0.4, 0.5) is 17.1 Å². The number of rotatable bonds is 14. The third-order valence-corrected chi connectivity index (χ3v) is 7.63. The number of nitrogens with two attached hydrogens (primary N) is 1. The van der Waals surface area contributed by atoms with E-state index >= 15 is 0 Å². The summed E-state index contributed by atoms with van der Waals surface area (Å²) in [6.07, 6.45) is 5.87. The van der Waals surface area contributed by atoms with Crippen LogP contribution in [0.25, 0.3) is 0 Å². The normalized spacial score (nSPS) is 11.3. The van der Waals surface area contributed by atoms with Crippen LogP contribution in [0.5, 0.6) is 0 Å². The van der Waals surface area contributed by atoms with E-state index in [1.807, 2.05) is 19.1 Å². The van der Waals surface area contributed by atoms with Gasteiger partial charge in [-0.25, -0.2) is 10.4 Å². The summed E-state index contributed by atoms with van der Waals surface area (Å²) < 4.78 is 4.72. The first-order chi connectivity index (χ1) is 22.9. The van der Waals surface area contributed by atoms with Gasteiger partial charge in [-0.3, -0.25) is 19.2 Å². The minimum Gasteiger partial charge on any atom is -0.409 e. The predicted molar refractivity (Wildman–Crippen MR) is 184 cm³/mol. The molecule has 48 heavy (non-hydrogen) atoms. The summed E-state index contributed by atoms with van der Waals surface area (Å²) in [5.74, 6) is -1.36. The summed E-state index contributed by atoms with van der Waals surface area (Å²) in [5, 5.41) is 21.1. The van der Waals surface area contributed by atoms with Crippen molar-refractivity contribution in [3.05, 3.63) is 89.3 Å². The number of aryl methyl sites for hydroxylation is 4. The minimum atomic E-state index is -0.463. The number of hydrogen-bond acceptors (Lipinski definition) is 7. The van der Waals surface area contributed by atoms with Crippen LogP contribution in [-0.4, -0.2) is 67.3 Å². The number of anilines is 3. The van der Waals surface area contributed by atoms with Crippen LogP contribution >= 0.6 is 11.6 Å². The monoisotopic (exact) mass is 678 g/mol. The molecule has 0 fully saturated rings. The molecule has 16 heteroatoms.